The van der Waals surface area contributed by atoms with Gasteiger partial charge in [-0.3, -0.25) is 4.79 Å². The predicted octanol–water partition coefficient (Wildman–Crippen LogP) is 4.81. The molecule has 1 amide bonds. The summed E-state index contributed by atoms with van der Waals surface area (Å²) in [6.45, 7) is 5.14. The highest BCUT2D eigenvalue weighted by Gasteiger charge is 2.35. The third-order valence-corrected chi connectivity index (χ3v) is 5.22. The zero-order valence-corrected chi connectivity index (χ0v) is 17.7. The van der Waals surface area contributed by atoms with Crippen molar-refractivity contribution in [3.05, 3.63) is 64.5 Å². The van der Waals surface area contributed by atoms with Crippen LogP contribution in [0.5, 0.6) is 0 Å². The number of hydrogen-bond acceptors (Lipinski definition) is 5. The number of nitriles is 1. The average Bonchev–Trinajstić information content (AvgIpc) is 3.05. The summed E-state index contributed by atoms with van der Waals surface area (Å²) in [5.41, 5.74) is 0.984. The Labute approximate surface area is 181 Å². The molecular formula is C21H18F3N5OS. The van der Waals surface area contributed by atoms with Gasteiger partial charge in [0, 0.05) is 11.8 Å². The summed E-state index contributed by atoms with van der Waals surface area (Å²) in [7, 11) is 0. The first-order chi connectivity index (χ1) is 14.6. The second kappa shape index (κ2) is 8.81. The molecule has 0 radical (unpaired) electrons. The Kier molecular flexibility index (Phi) is 6.36. The monoisotopic (exact) mass is 445 g/mol. The van der Waals surface area contributed by atoms with Crippen LogP contribution in [0.3, 0.4) is 0 Å². The number of halogens is 3. The quantitative estimate of drug-likeness (QED) is 0.570. The van der Waals surface area contributed by atoms with E-state index in [2.05, 4.69) is 15.4 Å². The highest BCUT2D eigenvalue weighted by Crippen LogP contribution is 2.35. The fourth-order valence-electron chi connectivity index (χ4n) is 2.86. The van der Waals surface area contributed by atoms with E-state index < -0.39 is 23.2 Å². The number of pyridine rings is 1. The lowest BCUT2D eigenvalue weighted by Crippen LogP contribution is -2.17. The summed E-state index contributed by atoms with van der Waals surface area (Å²) < 4.78 is 41.3. The Morgan fingerprint density at radius 2 is 1.84 bits per heavy atom. The van der Waals surface area contributed by atoms with Crippen molar-refractivity contribution < 1.29 is 18.0 Å². The highest BCUT2D eigenvalue weighted by molar-refractivity contribution is 8.00. The molecule has 0 fully saturated rings. The van der Waals surface area contributed by atoms with Crippen molar-refractivity contribution in [3.8, 4) is 11.8 Å². The van der Waals surface area contributed by atoms with Gasteiger partial charge in [-0.1, -0.05) is 29.5 Å². The fourth-order valence-corrected chi connectivity index (χ4v) is 3.71. The maximum atomic E-state index is 13.2. The molecule has 0 unspecified atom stereocenters. The normalized spacial score (nSPS) is 11.3. The second-order valence-electron chi connectivity index (χ2n) is 6.86. The first-order valence-corrected chi connectivity index (χ1v) is 10.1. The smallest absolute Gasteiger partial charge is 0.310 e. The van der Waals surface area contributed by atoms with Crippen molar-refractivity contribution in [2.45, 2.75) is 32.0 Å². The van der Waals surface area contributed by atoms with Gasteiger partial charge >= 0.3 is 6.18 Å². The zero-order valence-electron chi connectivity index (χ0n) is 16.9. The molecule has 1 N–H and O–H groups in total. The van der Waals surface area contributed by atoms with Gasteiger partial charge in [0.15, 0.2) is 0 Å². The van der Waals surface area contributed by atoms with Crippen molar-refractivity contribution in [2.75, 3.05) is 11.1 Å². The van der Waals surface area contributed by atoms with E-state index >= 15 is 0 Å². The molecule has 3 aromatic rings. The minimum Gasteiger partial charge on any atom is -0.310 e. The number of carbonyl (C=O) groups is 1. The van der Waals surface area contributed by atoms with Gasteiger partial charge in [-0.2, -0.15) is 23.5 Å². The topological polar surface area (TPSA) is 83.6 Å². The number of benzene rings is 1. The molecule has 0 aliphatic heterocycles. The number of nitrogens with one attached hydrogen (secondary N) is 1. The van der Waals surface area contributed by atoms with Crippen LogP contribution in [-0.4, -0.2) is 26.4 Å². The fraction of sp³-hybridized carbons (Fsp3) is 0.238. The molecule has 1 aromatic carbocycles. The number of carbonyl (C=O) groups excluding carboxylic acids is 1. The molecule has 6 nitrogen and oxygen atoms in total. The number of alkyl halides is 3. The van der Waals surface area contributed by atoms with Crippen LogP contribution in [0.15, 0.2) is 41.4 Å². The molecule has 0 bridgehead atoms. The van der Waals surface area contributed by atoms with E-state index in [-0.39, 0.29) is 16.5 Å². The van der Waals surface area contributed by atoms with Gasteiger partial charge in [0.05, 0.1) is 28.3 Å². The molecule has 0 aliphatic rings. The van der Waals surface area contributed by atoms with Gasteiger partial charge in [-0.05, 0) is 39.0 Å². The summed E-state index contributed by atoms with van der Waals surface area (Å²) in [6.07, 6.45) is -4.69. The van der Waals surface area contributed by atoms with Crippen LogP contribution in [0.25, 0.3) is 5.69 Å². The summed E-state index contributed by atoms with van der Waals surface area (Å²) in [5.74, 6) is -0.250. The molecular weight excluding hydrogens is 427 g/mol. The molecule has 2 aromatic heterocycles. The number of nitrogens with zero attached hydrogens (tertiary/aromatic N) is 4. The van der Waals surface area contributed by atoms with E-state index in [0.29, 0.717) is 11.5 Å². The Bertz CT molecular complexity index is 1160. The van der Waals surface area contributed by atoms with E-state index in [1.54, 1.807) is 23.7 Å². The van der Waals surface area contributed by atoms with Crippen molar-refractivity contribution in [1.82, 2.24) is 14.8 Å². The minimum absolute atomic E-state index is 0.113. The number of hydrogen-bond donors (Lipinski definition) is 1. The highest BCUT2D eigenvalue weighted by atomic mass is 32.2. The van der Waals surface area contributed by atoms with Crippen LogP contribution >= 0.6 is 11.8 Å². The maximum absolute atomic E-state index is 13.2. The van der Waals surface area contributed by atoms with Crippen LogP contribution in [0.4, 0.5) is 19.0 Å². The molecule has 31 heavy (non-hydrogen) atoms. The molecule has 0 saturated carbocycles. The van der Waals surface area contributed by atoms with Crippen LogP contribution in [0.2, 0.25) is 0 Å². The van der Waals surface area contributed by atoms with Gasteiger partial charge in [-0.15, -0.1) is 0 Å². The van der Waals surface area contributed by atoms with Crippen molar-refractivity contribution in [2.24, 2.45) is 0 Å². The minimum atomic E-state index is -4.69. The van der Waals surface area contributed by atoms with Gasteiger partial charge in [-0.25, -0.2) is 9.67 Å². The molecule has 0 atom stereocenters. The summed E-state index contributed by atoms with van der Waals surface area (Å²) in [5, 5.41) is 16.2. The third-order valence-electron chi connectivity index (χ3n) is 4.25. The average molecular weight is 445 g/mol. The van der Waals surface area contributed by atoms with E-state index in [1.807, 2.05) is 31.2 Å². The zero-order chi connectivity index (χ0) is 22.8. The van der Waals surface area contributed by atoms with E-state index in [0.717, 1.165) is 29.1 Å². The first-order valence-electron chi connectivity index (χ1n) is 9.14. The first kappa shape index (κ1) is 22.4. The standard InChI is InChI=1S/C21H18F3N5OS/c1-12-4-6-15(7-5-12)29-18(9-14(3)28-29)27-19(30)11-31-20-16(10-25)17(21(22,23)24)8-13(2)26-20/h4-9H,11H2,1-3H3,(H,27,30). The number of amides is 1. The van der Waals surface area contributed by atoms with E-state index in [4.69, 9.17) is 0 Å². The molecule has 0 aliphatic carbocycles. The van der Waals surface area contributed by atoms with Gasteiger partial charge in [0.25, 0.3) is 0 Å². The molecule has 10 heteroatoms. The molecule has 3 rings (SSSR count). The number of anilines is 1. The maximum Gasteiger partial charge on any atom is 0.417 e. The number of aromatic nitrogens is 3. The van der Waals surface area contributed by atoms with Crippen molar-refractivity contribution in [1.29, 1.82) is 5.26 Å². The molecule has 160 valence electrons. The SMILES string of the molecule is Cc1ccc(-n2nc(C)cc2NC(=O)CSc2nc(C)cc(C(F)(F)F)c2C#N)cc1. The second-order valence-corrected chi connectivity index (χ2v) is 7.82. The summed E-state index contributed by atoms with van der Waals surface area (Å²) >= 11 is 0.779. The third kappa shape index (κ3) is 5.24. The molecule has 2 heterocycles. The lowest BCUT2D eigenvalue weighted by Gasteiger charge is -2.13. The van der Waals surface area contributed by atoms with Gasteiger partial charge in [0.1, 0.15) is 16.9 Å². The number of rotatable bonds is 5. The van der Waals surface area contributed by atoms with Crippen molar-refractivity contribution >= 4 is 23.5 Å². The van der Waals surface area contributed by atoms with Gasteiger partial charge in [0.2, 0.25) is 5.91 Å². The van der Waals surface area contributed by atoms with Crippen LogP contribution in [0.1, 0.15) is 28.1 Å². The Morgan fingerprint density at radius 1 is 1.16 bits per heavy atom. The summed E-state index contributed by atoms with van der Waals surface area (Å²) in [4.78, 5) is 16.5. The predicted molar refractivity (Wildman–Crippen MR) is 111 cm³/mol. The lowest BCUT2D eigenvalue weighted by molar-refractivity contribution is -0.138. The molecule has 0 saturated heterocycles. The van der Waals surface area contributed by atoms with Gasteiger partial charge < -0.3 is 5.32 Å². The van der Waals surface area contributed by atoms with E-state index in [9.17, 15) is 23.2 Å². The van der Waals surface area contributed by atoms with E-state index in [1.165, 1.54) is 6.92 Å². The van der Waals surface area contributed by atoms with Crippen LogP contribution < -0.4 is 5.32 Å². The van der Waals surface area contributed by atoms with Crippen LogP contribution in [-0.2, 0) is 11.0 Å². The van der Waals surface area contributed by atoms with Crippen LogP contribution in [0, 0.1) is 32.1 Å². The largest absolute Gasteiger partial charge is 0.417 e. The Hall–Kier alpha value is -3.32. The number of aryl methyl sites for hydroxylation is 3. The molecule has 0 spiro atoms. The number of thioether (sulfide) groups is 1. The Balaban J connectivity index is 1.79. The summed E-state index contributed by atoms with van der Waals surface area (Å²) in [6, 6.07) is 11.6. The van der Waals surface area contributed by atoms with Crippen molar-refractivity contribution in [3.63, 3.8) is 0 Å². The lowest BCUT2D eigenvalue weighted by atomic mass is 10.1. The Morgan fingerprint density at radius 3 is 2.45 bits per heavy atom.